The molecule has 1 aromatic carbocycles. The van der Waals surface area contributed by atoms with Crippen molar-refractivity contribution in [1.29, 1.82) is 0 Å². The maximum absolute atomic E-state index is 12.0. The zero-order chi connectivity index (χ0) is 16.0. The normalized spacial score (nSPS) is 14.1. The third-order valence-electron chi connectivity index (χ3n) is 3.04. The minimum Gasteiger partial charge on any atom is -0.333 e. The summed E-state index contributed by atoms with van der Waals surface area (Å²) >= 11 is 0. The van der Waals surface area contributed by atoms with Gasteiger partial charge < -0.3 is 10.6 Å². The summed E-state index contributed by atoms with van der Waals surface area (Å²) in [6.07, 6.45) is 0. The molecule has 1 rings (SSSR count). The third kappa shape index (κ3) is 6.40. The van der Waals surface area contributed by atoms with Gasteiger partial charge in [-0.1, -0.05) is 30.3 Å². The Hall–Kier alpha value is -1.88. The molecule has 0 saturated carbocycles. The Kier molecular flexibility index (Phi) is 5.90. The molecule has 116 valence electrons. The zero-order valence-corrected chi connectivity index (χ0v) is 13.4. The lowest BCUT2D eigenvalue weighted by molar-refractivity contribution is -0.710. The van der Waals surface area contributed by atoms with Crippen molar-refractivity contribution < 1.29 is 14.9 Å². The van der Waals surface area contributed by atoms with Crippen LogP contribution in [-0.4, -0.2) is 23.5 Å². The van der Waals surface area contributed by atoms with Crippen LogP contribution in [0.3, 0.4) is 0 Å². The summed E-state index contributed by atoms with van der Waals surface area (Å²) in [5, 5.41) is 7.02. The van der Waals surface area contributed by atoms with Crippen LogP contribution in [0.1, 0.15) is 46.2 Å². The van der Waals surface area contributed by atoms with Crippen LogP contribution in [-0.2, 0) is 4.79 Å². The van der Waals surface area contributed by atoms with Gasteiger partial charge in [0.25, 0.3) is 5.91 Å². The number of urea groups is 1. The fourth-order valence-corrected chi connectivity index (χ4v) is 1.99. The number of hydrogen-bond acceptors (Lipinski definition) is 2. The number of imide groups is 1. The molecular formula is C16H26N3O2+. The monoisotopic (exact) mass is 292 g/mol. The molecule has 2 atom stereocenters. The molecule has 4 N–H and O–H groups in total. The van der Waals surface area contributed by atoms with Gasteiger partial charge in [0.2, 0.25) is 0 Å². The van der Waals surface area contributed by atoms with E-state index in [0.29, 0.717) is 0 Å². The van der Waals surface area contributed by atoms with Crippen molar-refractivity contribution in [2.45, 2.75) is 52.2 Å². The SMILES string of the molecule is C[C@H]([NH2+][C@H](C)C(=O)NC(=O)NC(C)(C)C)c1ccccc1. The molecule has 3 amide bonds. The maximum Gasteiger partial charge on any atom is 0.322 e. The standard InChI is InChI=1S/C16H25N3O2/c1-11(13-9-7-6-8-10-13)17-12(2)14(20)18-15(21)19-16(3,4)5/h6-12,17H,1-5H3,(H2,18,19,20,21)/p+1/t11-,12+/m0/s1. The lowest BCUT2D eigenvalue weighted by Crippen LogP contribution is -2.92. The van der Waals surface area contributed by atoms with Crippen LogP contribution < -0.4 is 16.0 Å². The van der Waals surface area contributed by atoms with E-state index >= 15 is 0 Å². The summed E-state index contributed by atoms with van der Waals surface area (Å²) in [5.74, 6) is -0.292. The van der Waals surface area contributed by atoms with E-state index in [2.05, 4.69) is 10.6 Å². The minimum absolute atomic E-state index is 0.151. The Morgan fingerprint density at radius 1 is 1.10 bits per heavy atom. The number of carbonyl (C=O) groups excluding carboxylic acids is 2. The largest absolute Gasteiger partial charge is 0.333 e. The number of amides is 3. The number of rotatable bonds is 4. The second-order valence-corrected chi connectivity index (χ2v) is 6.37. The summed E-state index contributed by atoms with van der Waals surface area (Å²) in [6.45, 7) is 9.42. The van der Waals surface area contributed by atoms with Gasteiger partial charge in [0.1, 0.15) is 6.04 Å². The molecule has 0 aliphatic carbocycles. The lowest BCUT2D eigenvalue weighted by atomic mass is 10.1. The van der Waals surface area contributed by atoms with E-state index in [-0.39, 0.29) is 23.5 Å². The molecular weight excluding hydrogens is 266 g/mol. The summed E-state index contributed by atoms with van der Waals surface area (Å²) in [7, 11) is 0. The Labute approximate surface area is 126 Å². The van der Waals surface area contributed by atoms with Crippen LogP contribution in [0.15, 0.2) is 30.3 Å². The molecule has 1 aromatic rings. The molecule has 0 heterocycles. The zero-order valence-electron chi connectivity index (χ0n) is 13.4. The third-order valence-corrected chi connectivity index (χ3v) is 3.04. The van der Waals surface area contributed by atoms with E-state index in [4.69, 9.17) is 0 Å². The van der Waals surface area contributed by atoms with Crippen LogP contribution in [0.5, 0.6) is 0 Å². The van der Waals surface area contributed by atoms with Crippen molar-refractivity contribution >= 4 is 11.9 Å². The lowest BCUT2D eigenvalue weighted by Gasteiger charge is -2.21. The van der Waals surface area contributed by atoms with Gasteiger partial charge in [-0.15, -0.1) is 0 Å². The molecule has 5 heteroatoms. The minimum atomic E-state index is -0.458. The van der Waals surface area contributed by atoms with E-state index in [1.807, 2.05) is 63.3 Å². The topological polar surface area (TPSA) is 74.8 Å². The van der Waals surface area contributed by atoms with E-state index in [9.17, 15) is 9.59 Å². The highest BCUT2D eigenvalue weighted by molar-refractivity contribution is 5.96. The molecule has 0 aliphatic rings. The van der Waals surface area contributed by atoms with Crippen molar-refractivity contribution in [1.82, 2.24) is 10.6 Å². The molecule has 0 aromatic heterocycles. The molecule has 5 nitrogen and oxygen atoms in total. The van der Waals surface area contributed by atoms with Crippen LogP contribution in [0, 0.1) is 0 Å². The first-order chi connectivity index (χ1) is 9.69. The molecule has 0 unspecified atom stereocenters. The number of carbonyl (C=O) groups is 2. The van der Waals surface area contributed by atoms with Gasteiger partial charge in [0.05, 0.1) is 0 Å². The molecule has 21 heavy (non-hydrogen) atoms. The van der Waals surface area contributed by atoms with Gasteiger partial charge in [0.15, 0.2) is 6.04 Å². The van der Waals surface area contributed by atoms with Crippen molar-refractivity contribution in [3.05, 3.63) is 35.9 Å². The van der Waals surface area contributed by atoms with Crippen LogP contribution in [0.2, 0.25) is 0 Å². The van der Waals surface area contributed by atoms with Gasteiger partial charge in [0, 0.05) is 11.1 Å². The predicted molar refractivity (Wildman–Crippen MR) is 82.7 cm³/mol. The number of nitrogens with one attached hydrogen (secondary N) is 2. The summed E-state index contributed by atoms with van der Waals surface area (Å²) in [5.41, 5.74) is 0.783. The fourth-order valence-electron chi connectivity index (χ4n) is 1.99. The Morgan fingerprint density at radius 3 is 2.19 bits per heavy atom. The maximum atomic E-state index is 12.0. The van der Waals surface area contributed by atoms with E-state index in [1.54, 1.807) is 6.92 Å². The first-order valence-electron chi connectivity index (χ1n) is 7.22. The molecule has 0 aliphatic heterocycles. The highest BCUT2D eigenvalue weighted by atomic mass is 16.2. The second-order valence-electron chi connectivity index (χ2n) is 6.37. The fraction of sp³-hybridized carbons (Fsp3) is 0.500. The first kappa shape index (κ1) is 17.2. The van der Waals surface area contributed by atoms with Crippen LogP contribution >= 0.6 is 0 Å². The summed E-state index contributed by atoms with van der Waals surface area (Å²) < 4.78 is 0. The second kappa shape index (κ2) is 7.22. The average Bonchev–Trinajstić information content (AvgIpc) is 2.37. The van der Waals surface area contributed by atoms with Crippen molar-refractivity contribution in [3.8, 4) is 0 Å². The predicted octanol–water partition coefficient (Wildman–Crippen LogP) is 1.32. The smallest absolute Gasteiger partial charge is 0.322 e. The van der Waals surface area contributed by atoms with Crippen molar-refractivity contribution in [2.75, 3.05) is 0 Å². The average molecular weight is 292 g/mol. The molecule has 0 spiro atoms. The number of benzene rings is 1. The van der Waals surface area contributed by atoms with Gasteiger partial charge >= 0.3 is 6.03 Å². The van der Waals surface area contributed by atoms with Gasteiger partial charge in [-0.05, 0) is 34.6 Å². The Balaban J connectivity index is 2.50. The van der Waals surface area contributed by atoms with Crippen LogP contribution in [0.25, 0.3) is 0 Å². The Bertz CT molecular complexity index is 480. The van der Waals surface area contributed by atoms with Crippen molar-refractivity contribution in [2.24, 2.45) is 0 Å². The van der Waals surface area contributed by atoms with Gasteiger partial charge in [-0.2, -0.15) is 0 Å². The number of hydrogen-bond donors (Lipinski definition) is 3. The molecule has 0 fully saturated rings. The molecule has 0 bridgehead atoms. The van der Waals surface area contributed by atoms with E-state index in [0.717, 1.165) is 5.56 Å². The summed E-state index contributed by atoms with van der Waals surface area (Å²) in [6, 6.07) is 9.31. The van der Waals surface area contributed by atoms with Gasteiger partial charge in [-0.3, -0.25) is 10.1 Å². The van der Waals surface area contributed by atoms with Crippen molar-refractivity contribution in [3.63, 3.8) is 0 Å². The van der Waals surface area contributed by atoms with Gasteiger partial charge in [-0.25, -0.2) is 4.79 Å². The van der Waals surface area contributed by atoms with E-state index in [1.165, 1.54) is 0 Å². The molecule has 0 saturated heterocycles. The molecule has 0 radical (unpaired) electrons. The number of nitrogens with two attached hydrogens (primary N) is 1. The quantitative estimate of drug-likeness (QED) is 0.783. The Morgan fingerprint density at radius 2 is 1.67 bits per heavy atom. The van der Waals surface area contributed by atoms with E-state index < -0.39 is 6.03 Å². The van der Waals surface area contributed by atoms with Crippen LogP contribution in [0.4, 0.5) is 4.79 Å². The summed E-state index contributed by atoms with van der Waals surface area (Å²) in [4.78, 5) is 23.7. The highest BCUT2D eigenvalue weighted by Gasteiger charge is 2.23. The highest BCUT2D eigenvalue weighted by Crippen LogP contribution is 2.06. The first-order valence-corrected chi connectivity index (χ1v) is 7.22. The number of quaternary nitrogens is 1.